The molecule has 4 rings (SSSR count). The standard InChI is InChI=1S/C26H30F4N2O2/c1-4-31-13-20(19-7-6-18(27)10-23(19)29)21(14-31)25(33)32-11-15(2)26(34,16(3)12-32)17-5-8-22(28)24(30)9-17/h5-10,15-16,20-21,34H,4,11-14H2,1-3H3/t15-,16+,20-,21+,26?/m0/s1. The summed E-state index contributed by atoms with van der Waals surface area (Å²) in [5, 5.41) is 11.5. The van der Waals surface area contributed by atoms with Gasteiger partial charge in [0.25, 0.3) is 0 Å². The molecule has 1 unspecified atom stereocenters. The Bertz CT molecular complexity index is 1070. The number of carbonyl (C=O) groups is 1. The quantitative estimate of drug-likeness (QED) is 0.668. The van der Waals surface area contributed by atoms with Gasteiger partial charge in [0.15, 0.2) is 11.6 Å². The predicted octanol–water partition coefficient (Wildman–Crippen LogP) is 4.28. The molecule has 0 aliphatic carbocycles. The van der Waals surface area contributed by atoms with Gasteiger partial charge in [0.2, 0.25) is 5.91 Å². The molecule has 0 saturated carbocycles. The van der Waals surface area contributed by atoms with Crippen molar-refractivity contribution in [3.05, 3.63) is 70.8 Å². The van der Waals surface area contributed by atoms with Crippen molar-refractivity contribution < 1.29 is 27.5 Å². The van der Waals surface area contributed by atoms with Crippen LogP contribution in [0.1, 0.15) is 37.8 Å². The summed E-state index contributed by atoms with van der Waals surface area (Å²) in [7, 11) is 0. The van der Waals surface area contributed by atoms with Crippen molar-refractivity contribution in [1.82, 2.24) is 9.80 Å². The predicted molar refractivity (Wildman–Crippen MR) is 120 cm³/mol. The molecule has 1 amide bonds. The van der Waals surface area contributed by atoms with Gasteiger partial charge in [-0.2, -0.15) is 0 Å². The first-order chi connectivity index (χ1) is 16.1. The van der Waals surface area contributed by atoms with Crippen LogP contribution in [0.4, 0.5) is 17.6 Å². The Hall–Kier alpha value is -2.45. The van der Waals surface area contributed by atoms with Crippen LogP contribution in [0.25, 0.3) is 0 Å². The van der Waals surface area contributed by atoms with Gasteiger partial charge in [-0.25, -0.2) is 17.6 Å². The molecule has 2 heterocycles. The Morgan fingerprint density at radius 2 is 1.62 bits per heavy atom. The molecule has 34 heavy (non-hydrogen) atoms. The summed E-state index contributed by atoms with van der Waals surface area (Å²) in [4.78, 5) is 17.4. The minimum absolute atomic E-state index is 0.143. The van der Waals surface area contributed by atoms with Crippen LogP contribution in [0.3, 0.4) is 0 Å². The molecule has 0 radical (unpaired) electrons. The second kappa shape index (κ2) is 9.30. The Morgan fingerprint density at radius 1 is 0.941 bits per heavy atom. The molecule has 2 aromatic rings. The van der Waals surface area contributed by atoms with E-state index in [4.69, 9.17) is 0 Å². The largest absolute Gasteiger partial charge is 0.384 e. The van der Waals surface area contributed by atoms with Gasteiger partial charge in [-0.3, -0.25) is 4.79 Å². The van der Waals surface area contributed by atoms with Gasteiger partial charge in [-0.15, -0.1) is 0 Å². The Morgan fingerprint density at radius 3 is 2.21 bits per heavy atom. The summed E-state index contributed by atoms with van der Waals surface area (Å²) in [6, 6.07) is 6.87. The van der Waals surface area contributed by atoms with Gasteiger partial charge < -0.3 is 14.9 Å². The number of rotatable bonds is 4. The fourth-order valence-corrected chi connectivity index (χ4v) is 5.74. The number of benzene rings is 2. The Balaban J connectivity index is 1.58. The number of aliphatic hydroxyl groups is 1. The minimum atomic E-state index is -1.43. The van der Waals surface area contributed by atoms with Crippen molar-refractivity contribution in [2.75, 3.05) is 32.7 Å². The third-order valence-corrected chi connectivity index (χ3v) is 7.71. The maximum absolute atomic E-state index is 14.6. The van der Waals surface area contributed by atoms with E-state index in [1.54, 1.807) is 18.7 Å². The van der Waals surface area contributed by atoms with E-state index in [0.29, 0.717) is 25.2 Å². The average Bonchev–Trinajstić information content (AvgIpc) is 3.22. The molecule has 0 bridgehead atoms. The lowest BCUT2D eigenvalue weighted by atomic mass is 9.70. The smallest absolute Gasteiger partial charge is 0.227 e. The molecular weight excluding hydrogens is 448 g/mol. The third-order valence-electron chi connectivity index (χ3n) is 7.71. The van der Waals surface area contributed by atoms with Crippen LogP contribution in [0.2, 0.25) is 0 Å². The van der Waals surface area contributed by atoms with E-state index in [2.05, 4.69) is 4.90 Å². The van der Waals surface area contributed by atoms with Crippen LogP contribution in [0.5, 0.6) is 0 Å². The number of carbonyl (C=O) groups excluding carboxylic acids is 1. The maximum Gasteiger partial charge on any atom is 0.227 e. The van der Waals surface area contributed by atoms with Crippen LogP contribution >= 0.6 is 0 Å². The van der Waals surface area contributed by atoms with Gasteiger partial charge in [0.05, 0.1) is 11.5 Å². The maximum atomic E-state index is 14.6. The molecule has 4 nitrogen and oxygen atoms in total. The lowest BCUT2D eigenvalue weighted by Crippen LogP contribution is -2.57. The molecule has 2 saturated heterocycles. The summed E-state index contributed by atoms with van der Waals surface area (Å²) in [5.74, 6) is -5.29. The monoisotopic (exact) mass is 478 g/mol. The topological polar surface area (TPSA) is 43.8 Å². The number of hydrogen-bond acceptors (Lipinski definition) is 3. The zero-order valence-electron chi connectivity index (χ0n) is 19.6. The number of amides is 1. The van der Waals surface area contributed by atoms with E-state index >= 15 is 0 Å². The number of halogens is 4. The van der Waals surface area contributed by atoms with E-state index in [1.165, 1.54) is 18.2 Å². The minimum Gasteiger partial charge on any atom is -0.384 e. The number of nitrogens with zero attached hydrogens (tertiary/aromatic N) is 2. The SMILES string of the molecule is CCN1C[C@@H](C(=O)N2C[C@@H](C)C(O)(c3ccc(F)c(F)c3)[C@@H](C)C2)[C@H](c2ccc(F)cc2F)C1. The van der Waals surface area contributed by atoms with Crippen LogP contribution < -0.4 is 0 Å². The highest BCUT2D eigenvalue weighted by Crippen LogP contribution is 2.43. The molecule has 2 aliphatic rings. The van der Waals surface area contributed by atoms with Crippen molar-refractivity contribution in [3.63, 3.8) is 0 Å². The molecule has 8 heteroatoms. The van der Waals surface area contributed by atoms with Crippen molar-refractivity contribution in [2.24, 2.45) is 17.8 Å². The van der Waals surface area contributed by atoms with Gasteiger partial charge in [0.1, 0.15) is 11.6 Å². The molecule has 2 fully saturated rings. The van der Waals surface area contributed by atoms with Gasteiger partial charge >= 0.3 is 0 Å². The summed E-state index contributed by atoms with van der Waals surface area (Å²) in [6.07, 6.45) is 0. The van der Waals surface area contributed by atoms with Crippen LogP contribution in [0, 0.1) is 41.0 Å². The first kappa shape index (κ1) is 24.7. The second-order valence-electron chi connectivity index (χ2n) is 9.73. The van der Waals surface area contributed by atoms with Crippen LogP contribution in [-0.2, 0) is 10.4 Å². The molecular formula is C26H30F4N2O2. The average molecular weight is 479 g/mol. The van der Waals surface area contributed by atoms with Crippen molar-refractivity contribution in [3.8, 4) is 0 Å². The lowest BCUT2D eigenvalue weighted by Gasteiger charge is -2.48. The third kappa shape index (κ3) is 4.22. The normalized spacial score (nSPS) is 30.1. The summed E-state index contributed by atoms with van der Waals surface area (Å²) < 4.78 is 55.4. The molecule has 184 valence electrons. The van der Waals surface area contributed by atoms with Gasteiger partial charge in [0, 0.05) is 50.0 Å². The van der Waals surface area contributed by atoms with Crippen molar-refractivity contribution in [1.29, 1.82) is 0 Å². The number of hydrogen-bond donors (Lipinski definition) is 1. The van der Waals surface area contributed by atoms with Crippen LogP contribution in [0.15, 0.2) is 36.4 Å². The first-order valence-corrected chi connectivity index (χ1v) is 11.7. The molecule has 5 atom stereocenters. The van der Waals surface area contributed by atoms with Gasteiger partial charge in [-0.05, 0) is 35.9 Å². The molecule has 0 spiro atoms. The highest BCUT2D eigenvalue weighted by atomic mass is 19.2. The van der Waals surface area contributed by atoms with Gasteiger partial charge in [-0.1, -0.05) is 32.9 Å². The highest BCUT2D eigenvalue weighted by molar-refractivity contribution is 5.81. The van der Waals surface area contributed by atoms with E-state index in [0.717, 1.165) is 18.2 Å². The van der Waals surface area contributed by atoms with Crippen LogP contribution in [-0.4, -0.2) is 53.5 Å². The number of likely N-dealkylation sites (tertiary alicyclic amines) is 2. The molecule has 1 N–H and O–H groups in total. The molecule has 2 aromatic carbocycles. The fourth-order valence-electron chi connectivity index (χ4n) is 5.74. The van der Waals surface area contributed by atoms with E-state index in [-0.39, 0.29) is 24.6 Å². The molecule has 2 aliphatic heterocycles. The first-order valence-electron chi connectivity index (χ1n) is 11.7. The summed E-state index contributed by atoms with van der Waals surface area (Å²) in [5.41, 5.74) is -0.825. The summed E-state index contributed by atoms with van der Waals surface area (Å²) >= 11 is 0. The van der Waals surface area contributed by atoms with E-state index in [9.17, 15) is 27.5 Å². The van der Waals surface area contributed by atoms with E-state index < -0.39 is 52.5 Å². The molecule has 0 aromatic heterocycles. The lowest BCUT2D eigenvalue weighted by molar-refractivity contribution is -0.152. The summed E-state index contributed by atoms with van der Waals surface area (Å²) in [6.45, 7) is 7.63. The Kier molecular flexibility index (Phi) is 6.75. The highest BCUT2D eigenvalue weighted by Gasteiger charge is 2.49. The Labute approximate surface area is 197 Å². The van der Waals surface area contributed by atoms with Crippen molar-refractivity contribution in [2.45, 2.75) is 32.3 Å². The van der Waals surface area contributed by atoms with Crippen molar-refractivity contribution >= 4 is 5.91 Å². The number of likely N-dealkylation sites (N-methyl/N-ethyl adjacent to an activating group) is 1. The van der Waals surface area contributed by atoms with E-state index in [1.807, 2.05) is 6.92 Å². The zero-order chi connectivity index (χ0) is 24.8. The fraction of sp³-hybridized carbons (Fsp3) is 0.500. The second-order valence-corrected chi connectivity index (χ2v) is 9.73. The zero-order valence-corrected chi connectivity index (χ0v) is 19.6. The number of piperidine rings is 1.